The van der Waals surface area contributed by atoms with Gasteiger partial charge in [0, 0.05) is 15.5 Å². The van der Waals surface area contributed by atoms with Crippen molar-refractivity contribution in [3.63, 3.8) is 0 Å². The highest BCUT2D eigenvalue weighted by Crippen LogP contribution is 2.40. The number of carbonyl (C=O) groups excluding carboxylic acids is 3. The van der Waals surface area contributed by atoms with Gasteiger partial charge in [0.05, 0.1) is 18.4 Å². The molecule has 0 fully saturated rings. The molecule has 0 saturated heterocycles. The minimum Gasteiger partial charge on any atom is -0.481 e. The molecule has 0 aliphatic heterocycles. The number of nitrogens with zero attached hydrogens (tertiary/aromatic N) is 1. The fourth-order valence-electron chi connectivity index (χ4n) is 4.19. The highest BCUT2D eigenvalue weighted by molar-refractivity contribution is 7.17. The molecule has 1 aromatic heterocycles. The van der Waals surface area contributed by atoms with Crippen molar-refractivity contribution < 1.29 is 23.9 Å². The lowest BCUT2D eigenvalue weighted by molar-refractivity contribution is -0.127. The van der Waals surface area contributed by atoms with Crippen LogP contribution in [0.15, 0.2) is 53.6 Å². The van der Waals surface area contributed by atoms with Crippen LogP contribution in [-0.4, -0.2) is 36.7 Å². The molecule has 0 unspecified atom stereocenters. The maximum atomic E-state index is 13.0. The third-order valence-electron chi connectivity index (χ3n) is 6.28. The van der Waals surface area contributed by atoms with Crippen molar-refractivity contribution in [1.82, 2.24) is 5.43 Å². The van der Waals surface area contributed by atoms with Crippen molar-refractivity contribution in [2.24, 2.45) is 11.0 Å². The number of carbonyl (C=O) groups is 3. The molecule has 0 radical (unpaired) electrons. The van der Waals surface area contributed by atoms with Gasteiger partial charge in [-0.05, 0) is 86.6 Å². The van der Waals surface area contributed by atoms with Gasteiger partial charge in [0.25, 0.3) is 11.8 Å². The summed E-state index contributed by atoms with van der Waals surface area (Å²) in [7, 11) is 0. The first-order valence-electron chi connectivity index (χ1n) is 12.7. The van der Waals surface area contributed by atoms with Gasteiger partial charge in [-0.3, -0.25) is 9.59 Å². The van der Waals surface area contributed by atoms with E-state index in [0.717, 1.165) is 35.3 Å². The number of hydrogen-bond donors (Lipinski definition) is 2. The summed E-state index contributed by atoms with van der Waals surface area (Å²) in [6, 6.07) is 13.5. The topological polar surface area (TPSA) is 106 Å². The van der Waals surface area contributed by atoms with E-state index in [0.29, 0.717) is 32.8 Å². The molecule has 2 amide bonds. The number of rotatable bonds is 9. The van der Waals surface area contributed by atoms with Gasteiger partial charge in [0.2, 0.25) is 0 Å². The molecule has 3 aromatic rings. The molecule has 0 saturated carbocycles. The Morgan fingerprint density at radius 3 is 2.56 bits per heavy atom. The van der Waals surface area contributed by atoms with Gasteiger partial charge < -0.3 is 14.8 Å². The first-order chi connectivity index (χ1) is 18.7. The van der Waals surface area contributed by atoms with Gasteiger partial charge in [-0.15, -0.1) is 11.3 Å². The van der Waals surface area contributed by atoms with E-state index in [4.69, 9.17) is 21.1 Å². The maximum Gasteiger partial charge on any atom is 0.341 e. The summed E-state index contributed by atoms with van der Waals surface area (Å²) in [5.74, 6) is -0.232. The predicted octanol–water partition coefficient (Wildman–Crippen LogP) is 5.87. The molecule has 1 aliphatic carbocycles. The van der Waals surface area contributed by atoms with E-state index in [1.54, 1.807) is 62.4 Å². The smallest absolute Gasteiger partial charge is 0.341 e. The van der Waals surface area contributed by atoms with Crippen molar-refractivity contribution in [2.75, 3.05) is 11.9 Å². The van der Waals surface area contributed by atoms with Crippen LogP contribution in [-0.2, 0) is 22.4 Å². The predicted molar refractivity (Wildman–Crippen MR) is 153 cm³/mol. The minimum absolute atomic E-state index is 0.264. The van der Waals surface area contributed by atoms with Crippen LogP contribution < -0.4 is 15.5 Å². The van der Waals surface area contributed by atoms with Crippen LogP contribution in [0.4, 0.5) is 5.00 Å². The fourth-order valence-corrected chi connectivity index (χ4v) is 5.71. The third-order valence-corrected chi connectivity index (χ3v) is 7.70. The highest BCUT2D eigenvalue weighted by atomic mass is 35.5. The number of hydrazone groups is 1. The Bertz CT molecular complexity index is 1370. The maximum absolute atomic E-state index is 13.0. The molecule has 0 bridgehead atoms. The lowest BCUT2D eigenvalue weighted by Crippen LogP contribution is -2.33. The van der Waals surface area contributed by atoms with Crippen molar-refractivity contribution in [2.45, 2.75) is 46.1 Å². The highest BCUT2D eigenvalue weighted by Gasteiger charge is 2.29. The third kappa shape index (κ3) is 7.25. The van der Waals surface area contributed by atoms with Crippen LogP contribution in [0.25, 0.3) is 0 Å². The molecule has 2 atom stereocenters. The standard InChI is InChI=1S/C29H30ClN3O5S/c1-4-37-29(36)25-23-14-5-17(2)15-24(23)39-28(25)32-27(35)20-8-12-22(13-9-20)38-18(3)26(34)33-31-16-19-6-10-21(30)11-7-19/h6-13,16-18H,4-5,14-15H2,1-3H3,(H,32,35)(H,33,34)/b31-16-/t17-,18-/m0/s1. The normalized spacial score (nSPS) is 15.3. The average Bonchev–Trinajstić information content (AvgIpc) is 3.27. The second-order valence-corrected chi connectivity index (χ2v) is 10.8. The zero-order chi connectivity index (χ0) is 27.9. The summed E-state index contributed by atoms with van der Waals surface area (Å²) in [5.41, 5.74) is 5.07. The summed E-state index contributed by atoms with van der Waals surface area (Å²) >= 11 is 7.30. The Hall–Kier alpha value is -3.69. The van der Waals surface area contributed by atoms with Crippen LogP contribution in [0.2, 0.25) is 5.02 Å². The quantitative estimate of drug-likeness (QED) is 0.191. The largest absolute Gasteiger partial charge is 0.481 e. The van der Waals surface area contributed by atoms with E-state index >= 15 is 0 Å². The molecule has 1 aliphatic rings. The van der Waals surface area contributed by atoms with E-state index in [1.807, 2.05) is 0 Å². The van der Waals surface area contributed by atoms with Gasteiger partial charge in [-0.2, -0.15) is 5.10 Å². The molecule has 2 N–H and O–H groups in total. The summed E-state index contributed by atoms with van der Waals surface area (Å²) in [5, 5.41) is 7.97. The van der Waals surface area contributed by atoms with Crippen LogP contribution in [0.5, 0.6) is 5.75 Å². The molecule has 204 valence electrons. The molecular weight excluding hydrogens is 538 g/mol. The van der Waals surface area contributed by atoms with Crippen LogP contribution in [0, 0.1) is 5.92 Å². The Balaban J connectivity index is 1.37. The number of anilines is 1. The first-order valence-corrected chi connectivity index (χ1v) is 13.9. The number of ether oxygens (including phenoxy) is 2. The fraction of sp³-hybridized carbons (Fsp3) is 0.310. The van der Waals surface area contributed by atoms with Crippen molar-refractivity contribution >= 4 is 51.9 Å². The Kier molecular flexibility index (Phi) is 9.37. The van der Waals surface area contributed by atoms with E-state index in [2.05, 4.69) is 22.8 Å². The Morgan fingerprint density at radius 2 is 1.87 bits per heavy atom. The molecule has 2 aromatic carbocycles. The number of benzene rings is 2. The van der Waals surface area contributed by atoms with Crippen molar-refractivity contribution in [3.05, 3.63) is 80.7 Å². The van der Waals surface area contributed by atoms with E-state index < -0.39 is 18.0 Å². The van der Waals surface area contributed by atoms with Crippen LogP contribution in [0.1, 0.15) is 63.9 Å². The van der Waals surface area contributed by atoms with Crippen molar-refractivity contribution in [3.8, 4) is 5.75 Å². The molecular formula is C29H30ClN3O5S. The zero-order valence-corrected chi connectivity index (χ0v) is 23.5. The average molecular weight is 568 g/mol. The molecule has 8 nitrogen and oxygen atoms in total. The number of nitrogens with one attached hydrogen (secondary N) is 2. The summed E-state index contributed by atoms with van der Waals surface area (Å²) in [4.78, 5) is 39.2. The Morgan fingerprint density at radius 1 is 1.15 bits per heavy atom. The van der Waals surface area contributed by atoms with E-state index in [-0.39, 0.29) is 12.5 Å². The summed E-state index contributed by atoms with van der Waals surface area (Å²) in [6.45, 7) is 5.82. The van der Waals surface area contributed by atoms with Gasteiger partial charge in [0.15, 0.2) is 6.10 Å². The summed E-state index contributed by atoms with van der Waals surface area (Å²) in [6.07, 6.45) is 3.36. The number of fused-ring (bicyclic) bond motifs is 1. The van der Waals surface area contributed by atoms with Gasteiger partial charge >= 0.3 is 5.97 Å². The Labute approximate surface area is 236 Å². The van der Waals surface area contributed by atoms with Crippen molar-refractivity contribution in [1.29, 1.82) is 0 Å². The summed E-state index contributed by atoms with van der Waals surface area (Å²) < 4.78 is 11.0. The molecule has 39 heavy (non-hydrogen) atoms. The van der Waals surface area contributed by atoms with Crippen LogP contribution >= 0.6 is 22.9 Å². The number of amides is 2. The second kappa shape index (κ2) is 12.9. The molecule has 4 rings (SSSR count). The molecule has 10 heteroatoms. The first kappa shape index (κ1) is 28.3. The number of thiophene rings is 1. The number of halogens is 1. The molecule has 1 heterocycles. The lowest BCUT2D eigenvalue weighted by atomic mass is 9.88. The molecule has 0 spiro atoms. The van der Waals surface area contributed by atoms with Gasteiger partial charge in [-0.1, -0.05) is 30.7 Å². The van der Waals surface area contributed by atoms with E-state index in [1.165, 1.54) is 17.6 Å². The zero-order valence-electron chi connectivity index (χ0n) is 22.0. The van der Waals surface area contributed by atoms with E-state index in [9.17, 15) is 14.4 Å². The second-order valence-electron chi connectivity index (χ2n) is 9.30. The van der Waals surface area contributed by atoms with Gasteiger partial charge in [-0.25, -0.2) is 10.2 Å². The number of hydrogen-bond acceptors (Lipinski definition) is 7. The monoisotopic (exact) mass is 567 g/mol. The lowest BCUT2D eigenvalue weighted by Gasteiger charge is -2.18. The van der Waals surface area contributed by atoms with Crippen LogP contribution in [0.3, 0.4) is 0 Å². The number of esters is 1. The minimum atomic E-state index is -0.820. The SMILES string of the molecule is CCOC(=O)c1c(NC(=O)c2ccc(O[C@@H](C)C(=O)N/N=C\c3ccc(Cl)cc3)cc2)sc2c1CC[C@H](C)C2. The van der Waals surface area contributed by atoms with Gasteiger partial charge in [0.1, 0.15) is 10.8 Å².